The van der Waals surface area contributed by atoms with Crippen molar-refractivity contribution in [2.24, 2.45) is 23.7 Å². The maximum absolute atomic E-state index is 13.5. The quantitative estimate of drug-likeness (QED) is 0.363. The molecule has 2 bridgehead atoms. The zero-order chi connectivity index (χ0) is 24.1. The lowest BCUT2D eigenvalue weighted by Gasteiger charge is -2.31. The van der Waals surface area contributed by atoms with Crippen LogP contribution in [0.25, 0.3) is 0 Å². The van der Waals surface area contributed by atoms with Gasteiger partial charge in [0, 0.05) is 29.8 Å². The van der Waals surface area contributed by atoms with Gasteiger partial charge in [-0.25, -0.2) is 5.01 Å². The monoisotopic (exact) mass is 464 g/mol. The van der Waals surface area contributed by atoms with Gasteiger partial charge in [0.15, 0.2) is 0 Å². The second-order valence-corrected chi connectivity index (χ2v) is 8.97. The minimum Gasteiger partial charge on any atom is -0.272 e. The Balaban J connectivity index is 1.52. The van der Waals surface area contributed by atoms with Gasteiger partial charge < -0.3 is 0 Å². The third kappa shape index (κ3) is 3.40. The molecule has 2 aromatic carbocycles. The van der Waals surface area contributed by atoms with Crippen molar-refractivity contribution >= 4 is 29.1 Å². The van der Waals surface area contributed by atoms with Crippen LogP contribution >= 0.6 is 0 Å². The Morgan fingerprint density at radius 2 is 1.50 bits per heavy atom. The van der Waals surface area contributed by atoms with Gasteiger partial charge in [-0.3, -0.25) is 34.6 Å². The highest BCUT2D eigenvalue weighted by Gasteiger charge is 2.62. The minimum atomic E-state index is -0.740. The van der Waals surface area contributed by atoms with Crippen LogP contribution in [-0.4, -0.2) is 37.6 Å². The average Bonchev–Trinajstić information content (AvgIpc) is 3.51. The molecule has 2 saturated carbocycles. The summed E-state index contributed by atoms with van der Waals surface area (Å²) in [4.78, 5) is 61.3. The van der Waals surface area contributed by atoms with Crippen LogP contribution in [0, 0.1) is 43.9 Å². The molecule has 3 aliphatic rings. The van der Waals surface area contributed by atoms with E-state index >= 15 is 0 Å². The number of carbonyl (C=O) groups is 3. The average molecular weight is 464 g/mol. The number of nitro benzene ring substituents is 2. The van der Waals surface area contributed by atoms with Crippen molar-refractivity contribution < 1.29 is 24.2 Å². The van der Waals surface area contributed by atoms with Crippen molar-refractivity contribution in [1.82, 2.24) is 10.0 Å². The fourth-order valence-corrected chi connectivity index (χ4v) is 5.66. The molecule has 0 unspecified atom stereocenters. The molecule has 174 valence electrons. The number of nitro groups is 2. The first kappa shape index (κ1) is 21.7. The summed E-state index contributed by atoms with van der Waals surface area (Å²) in [6.45, 7) is -0.203. The number of nitrogens with zero attached hydrogens (tertiary/aromatic N) is 4. The van der Waals surface area contributed by atoms with Crippen LogP contribution in [0.5, 0.6) is 0 Å². The summed E-state index contributed by atoms with van der Waals surface area (Å²) in [7, 11) is 0. The minimum absolute atomic E-state index is 0.0447. The molecule has 34 heavy (non-hydrogen) atoms. The summed E-state index contributed by atoms with van der Waals surface area (Å²) in [6, 6.07) is 10.5. The number of non-ortho nitro benzene ring substituents is 2. The van der Waals surface area contributed by atoms with Gasteiger partial charge in [0.1, 0.15) is 0 Å². The highest BCUT2D eigenvalue weighted by molar-refractivity contribution is 6.08. The summed E-state index contributed by atoms with van der Waals surface area (Å²) in [5, 5.41) is 24.1. The standard InChI is InChI=1S/C23H20N4O7/c28-21(16-2-1-3-18(11-16)27(33)34)24(12-13-4-8-17(9-5-13)26(31)32)25-22(29)19-14-6-7-15(10-14)20(19)23(25)30/h1-5,8-9,11,14-15,19-20H,6-7,10,12H2/t14-,15-,19-,20-/m0/s1. The third-order valence-corrected chi connectivity index (χ3v) is 7.16. The maximum atomic E-state index is 13.5. The van der Waals surface area contributed by atoms with E-state index in [2.05, 4.69) is 0 Å². The first-order valence-electron chi connectivity index (χ1n) is 10.9. The van der Waals surface area contributed by atoms with Crippen LogP contribution < -0.4 is 0 Å². The topological polar surface area (TPSA) is 144 Å². The number of hydrazine groups is 1. The zero-order valence-electron chi connectivity index (χ0n) is 17.9. The summed E-state index contributed by atoms with van der Waals surface area (Å²) in [6.07, 6.45) is 2.58. The Hall–Kier alpha value is -4.15. The van der Waals surface area contributed by atoms with Crippen LogP contribution in [0.2, 0.25) is 0 Å². The normalized spacial score (nSPS) is 24.9. The van der Waals surface area contributed by atoms with E-state index in [1.165, 1.54) is 42.5 Å². The lowest BCUT2D eigenvalue weighted by atomic mass is 9.81. The second-order valence-electron chi connectivity index (χ2n) is 8.97. The molecule has 11 heteroatoms. The molecule has 1 saturated heterocycles. The molecule has 2 aliphatic carbocycles. The lowest BCUT2D eigenvalue weighted by Crippen LogP contribution is -2.50. The Bertz CT molecular complexity index is 1200. The van der Waals surface area contributed by atoms with Gasteiger partial charge in [0.05, 0.1) is 28.2 Å². The van der Waals surface area contributed by atoms with Crippen molar-refractivity contribution in [3.63, 3.8) is 0 Å². The van der Waals surface area contributed by atoms with E-state index in [9.17, 15) is 34.6 Å². The van der Waals surface area contributed by atoms with E-state index in [1.54, 1.807) is 0 Å². The van der Waals surface area contributed by atoms with E-state index in [-0.39, 0.29) is 35.3 Å². The van der Waals surface area contributed by atoms with E-state index in [0.717, 1.165) is 35.3 Å². The molecule has 0 N–H and O–H groups in total. The smallest absolute Gasteiger partial charge is 0.272 e. The number of fused-ring (bicyclic) bond motifs is 5. The second kappa shape index (κ2) is 8.01. The summed E-state index contributed by atoms with van der Waals surface area (Å²) < 4.78 is 0. The van der Waals surface area contributed by atoms with Crippen LogP contribution in [-0.2, 0) is 16.1 Å². The van der Waals surface area contributed by atoms with Gasteiger partial charge in [0.2, 0.25) is 0 Å². The van der Waals surface area contributed by atoms with E-state index < -0.39 is 39.4 Å². The van der Waals surface area contributed by atoms with Gasteiger partial charge in [-0.1, -0.05) is 18.2 Å². The number of hydrogen-bond acceptors (Lipinski definition) is 7. The van der Waals surface area contributed by atoms with Crippen LogP contribution in [0.1, 0.15) is 35.2 Å². The van der Waals surface area contributed by atoms with Crippen molar-refractivity contribution in [3.05, 3.63) is 79.9 Å². The predicted molar refractivity (Wildman–Crippen MR) is 116 cm³/mol. The largest absolute Gasteiger partial charge is 0.273 e. The first-order chi connectivity index (χ1) is 16.3. The number of benzene rings is 2. The Labute approximate surface area is 193 Å². The van der Waals surface area contributed by atoms with Crippen molar-refractivity contribution in [3.8, 4) is 0 Å². The maximum Gasteiger partial charge on any atom is 0.273 e. The highest BCUT2D eigenvalue weighted by atomic mass is 16.6. The van der Waals surface area contributed by atoms with Crippen LogP contribution in [0.3, 0.4) is 0 Å². The molecule has 0 radical (unpaired) electrons. The molecule has 1 heterocycles. The van der Waals surface area contributed by atoms with Crippen molar-refractivity contribution in [2.45, 2.75) is 25.8 Å². The number of carbonyl (C=O) groups excluding carboxylic acids is 3. The highest BCUT2D eigenvalue weighted by Crippen LogP contribution is 2.56. The fraction of sp³-hybridized carbons (Fsp3) is 0.348. The third-order valence-electron chi connectivity index (χ3n) is 7.16. The molecule has 4 atom stereocenters. The zero-order valence-corrected chi connectivity index (χ0v) is 17.9. The molecular formula is C23H20N4O7. The molecular weight excluding hydrogens is 444 g/mol. The number of amides is 3. The fourth-order valence-electron chi connectivity index (χ4n) is 5.66. The SMILES string of the molecule is O=C(c1cccc([N+](=O)[O-])c1)N(Cc1ccc([N+](=O)[O-])cc1)N1C(=O)[C@H]2[C@H]3CC[C@@H](C3)[C@@H]2C1=O. The lowest BCUT2D eigenvalue weighted by molar-refractivity contribution is -0.385. The number of hydrogen-bond donors (Lipinski definition) is 0. The first-order valence-corrected chi connectivity index (χ1v) is 10.9. The molecule has 3 amide bonds. The molecule has 0 aromatic heterocycles. The molecule has 3 fully saturated rings. The Morgan fingerprint density at radius 1 is 0.912 bits per heavy atom. The molecule has 1 aliphatic heterocycles. The number of rotatable bonds is 6. The summed E-state index contributed by atoms with van der Waals surface area (Å²) in [5.41, 5.74) is -0.0170. The van der Waals surface area contributed by atoms with Gasteiger partial charge in [-0.05, 0) is 42.7 Å². The van der Waals surface area contributed by atoms with Gasteiger partial charge in [-0.15, -0.1) is 0 Å². The van der Waals surface area contributed by atoms with Crippen LogP contribution in [0.15, 0.2) is 48.5 Å². The molecule has 5 rings (SSSR count). The van der Waals surface area contributed by atoms with Crippen molar-refractivity contribution in [1.29, 1.82) is 0 Å². The number of imide groups is 1. The molecule has 0 spiro atoms. The summed E-state index contributed by atoms with van der Waals surface area (Å²) in [5.74, 6) is -2.27. The predicted octanol–water partition coefficient (Wildman–Crippen LogP) is 3.09. The van der Waals surface area contributed by atoms with E-state index in [0.29, 0.717) is 5.56 Å². The molecule has 11 nitrogen and oxygen atoms in total. The van der Waals surface area contributed by atoms with Crippen LogP contribution in [0.4, 0.5) is 11.4 Å². The van der Waals surface area contributed by atoms with Crippen molar-refractivity contribution in [2.75, 3.05) is 0 Å². The van der Waals surface area contributed by atoms with E-state index in [4.69, 9.17) is 0 Å². The Morgan fingerprint density at radius 3 is 2.06 bits per heavy atom. The Kier molecular flexibility index (Phi) is 5.11. The molecule has 2 aromatic rings. The summed E-state index contributed by atoms with van der Waals surface area (Å²) >= 11 is 0. The van der Waals surface area contributed by atoms with Gasteiger partial charge >= 0.3 is 0 Å². The van der Waals surface area contributed by atoms with E-state index in [1.807, 2.05) is 0 Å². The van der Waals surface area contributed by atoms with Gasteiger partial charge in [-0.2, -0.15) is 5.01 Å². The van der Waals surface area contributed by atoms with Gasteiger partial charge in [0.25, 0.3) is 29.1 Å².